The van der Waals surface area contributed by atoms with Gasteiger partial charge in [0.25, 0.3) is 0 Å². The Morgan fingerprint density at radius 1 is 1.20 bits per heavy atom. The molecule has 0 fully saturated rings. The van der Waals surface area contributed by atoms with Crippen molar-refractivity contribution in [3.8, 4) is 0 Å². The first kappa shape index (κ1) is 18.2. The maximum absolute atomic E-state index is 11.6. The minimum absolute atomic E-state index is 0.0683. The predicted molar refractivity (Wildman–Crippen MR) is 72.2 cm³/mol. The maximum Gasteiger partial charge on any atom is 0.326 e. The van der Waals surface area contributed by atoms with E-state index >= 15 is 0 Å². The molecule has 0 aliphatic heterocycles. The van der Waals surface area contributed by atoms with Crippen LogP contribution < -0.4 is 10.6 Å². The predicted octanol–water partition coefficient (Wildman–Crippen LogP) is -0.620. The van der Waals surface area contributed by atoms with Crippen LogP contribution in [-0.2, 0) is 9.59 Å². The number of aliphatic hydroxyl groups excluding tert-OH is 1. The smallest absolute Gasteiger partial charge is 0.326 e. The van der Waals surface area contributed by atoms with E-state index in [1.807, 2.05) is 13.8 Å². The fourth-order valence-electron chi connectivity index (χ4n) is 1.61. The van der Waals surface area contributed by atoms with Crippen molar-refractivity contribution in [1.82, 2.24) is 15.5 Å². The summed E-state index contributed by atoms with van der Waals surface area (Å²) >= 11 is 0. The van der Waals surface area contributed by atoms with E-state index < -0.39 is 18.0 Å². The van der Waals surface area contributed by atoms with Crippen LogP contribution in [0.25, 0.3) is 0 Å². The van der Waals surface area contributed by atoms with Gasteiger partial charge in [-0.05, 0) is 13.8 Å². The van der Waals surface area contributed by atoms with Crippen molar-refractivity contribution in [3.05, 3.63) is 0 Å². The lowest BCUT2D eigenvalue weighted by atomic mass is 10.2. The molecule has 0 heterocycles. The van der Waals surface area contributed by atoms with Crippen LogP contribution in [0.5, 0.6) is 0 Å². The van der Waals surface area contributed by atoms with Crippen molar-refractivity contribution in [2.75, 3.05) is 26.2 Å². The van der Waals surface area contributed by atoms with Gasteiger partial charge in [-0.2, -0.15) is 0 Å². The second-order valence-electron chi connectivity index (χ2n) is 4.12. The number of hydrogen-bond acceptors (Lipinski definition) is 4. The lowest BCUT2D eigenvalue weighted by Crippen LogP contribution is -2.47. The fourth-order valence-corrected chi connectivity index (χ4v) is 1.61. The van der Waals surface area contributed by atoms with Gasteiger partial charge >= 0.3 is 12.0 Å². The van der Waals surface area contributed by atoms with Crippen molar-refractivity contribution in [3.63, 3.8) is 0 Å². The molecule has 0 unspecified atom stereocenters. The molecule has 4 N–H and O–H groups in total. The molecule has 0 aliphatic rings. The van der Waals surface area contributed by atoms with Crippen LogP contribution in [0.15, 0.2) is 0 Å². The highest BCUT2D eigenvalue weighted by atomic mass is 16.4. The highest BCUT2D eigenvalue weighted by molar-refractivity contribution is 5.83. The van der Waals surface area contributed by atoms with Crippen LogP contribution in [-0.4, -0.2) is 65.3 Å². The average Bonchev–Trinajstić information content (AvgIpc) is 2.39. The first-order valence-corrected chi connectivity index (χ1v) is 6.62. The summed E-state index contributed by atoms with van der Waals surface area (Å²) in [5.74, 6) is -1.28. The van der Waals surface area contributed by atoms with Crippen LogP contribution >= 0.6 is 0 Å². The molecule has 0 spiro atoms. The SMILES string of the molecule is CCN(CC)C(=O)CCNC(=O)N[C@H](CCO)C(=O)O. The molecule has 0 aromatic rings. The molecule has 0 aromatic heterocycles. The topological polar surface area (TPSA) is 119 Å². The molecule has 116 valence electrons. The van der Waals surface area contributed by atoms with E-state index in [2.05, 4.69) is 10.6 Å². The Balaban J connectivity index is 4.04. The molecule has 20 heavy (non-hydrogen) atoms. The minimum atomic E-state index is -1.21. The number of carbonyl (C=O) groups is 3. The van der Waals surface area contributed by atoms with Gasteiger partial charge in [-0.25, -0.2) is 9.59 Å². The zero-order valence-electron chi connectivity index (χ0n) is 11.9. The molecule has 8 heteroatoms. The Bertz CT molecular complexity index is 331. The molecule has 0 saturated heterocycles. The van der Waals surface area contributed by atoms with E-state index in [1.165, 1.54) is 0 Å². The standard InChI is InChI=1S/C12H23N3O5/c1-3-15(4-2)10(17)5-7-13-12(20)14-9(6-8-16)11(18)19/h9,16H,3-8H2,1-2H3,(H,18,19)(H2,13,14,20)/t9-/m1/s1. The van der Waals surface area contributed by atoms with Gasteiger partial charge < -0.3 is 25.7 Å². The summed E-state index contributed by atoms with van der Waals surface area (Å²) < 4.78 is 0. The highest BCUT2D eigenvalue weighted by Crippen LogP contribution is 1.94. The van der Waals surface area contributed by atoms with E-state index in [1.54, 1.807) is 4.90 Å². The number of carbonyl (C=O) groups excluding carboxylic acids is 2. The van der Waals surface area contributed by atoms with Gasteiger partial charge in [0, 0.05) is 39.1 Å². The Morgan fingerprint density at radius 3 is 2.25 bits per heavy atom. The molecule has 1 atom stereocenters. The van der Waals surface area contributed by atoms with Crippen LogP contribution in [0.1, 0.15) is 26.7 Å². The van der Waals surface area contributed by atoms with Crippen molar-refractivity contribution >= 4 is 17.9 Å². The number of amides is 3. The highest BCUT2D eigenvalue weighted by Gasteiger charge is 2.19. The lowest BCUT2D eigenvalue weighted by Gasteiger charge is -2.19. The second-order valence-corrected chi connectivity index (χ2v) is 4.12. The number of aliphatic hydroxyl groups is 1. The molecule has 3 amide bonds. The molecular formula is C12H23N3O5. The number of hydrogen-bond donors (Lipinski definition) is 4. The Labute approximate surface area is 118 Å². The summed E-state index contributed by atoms with van der Waals surface area (Å²) in [5, 5.41) is 22.1. The first-order valence-electron chi connectivity index (χ1n) is 6.62. The van der Waals surface area contributed by atoms with Crippen LogP contribution in [0, 0.1) is 0 Å². The van der Waals surface area contributed by atoms with E-state index in [-0.39, 0.29) is 31.9 Å². The monoisotopic (exact) mass is 289 g/mol. The van der Waals surface area contributed by atoms with Gasteiger partial charge in [-0.1, -0.05) is 0 Å². The number of nitrogens with one attached hydrogen (secondary N) is 2. The molecular weight excluding hydrogens is 266 g/mol. The largest absolute Gasteiger partial charge is 0.480 e. The third kappa shape index (κ3) is 6.93. The summed E-state index contributed by atoms with van der Waals surface area (Å²) in [4.78, 5) is 35.5. The number of rotatable bonds is 9. The zero-order chi connectivity index (χ0) is 15.5. The lowest BCUT2D eigenvalue weighted by molar-refractivity contribution is -0.139. The van der Waals surface area contributed by atoms with Gasteiger partial charge in [0.2, 0.25) is 5.91 Å². The van der Waals surface area contributed by atoms with Crippen molar-refractivity contribution in [2.45, 2.75) is 32.7 Å². The van der Waals surface area contributed by atoms with Crippen LogP contribution in [0.4, 0.5) is 4.79 Å². The van der Waals surface area contributed by atoms with Gasteiger partial charge in [-0.3, -0.25) is 4.79 Å². The fraction of sp³-hybridized carbons (Fsp3) is 0.750. The van der Waals surface area contributed by atoms with E-state index in [0.29, 0.717) is 13.1 Å². The summed E-state index contributed by atoms with van der Waals surface area (Å²) in [7, 11) is 0. The molecule has 0 aromatic carbocycles. The van der Waals surface area contributed by atoms with Gasteiger partial charge in [0.15, 0.2) is 0 Å². The Morgan fingerprint density at radius 2 is 1.80 bits per heavy atom. The molecule has 0 rings (SSSR count). The zero-order valence-corrected chi connectivity index (χ0v) is 11.9. The minimum Gasteiger partial charge on any atom is -0.480 e. The molecule has 8 nitrogen and oxygen atoms in total. The van der Waals surface area contributed by atoms with Crippen LogP contribution in [0.2, 0.25) is 0 Å². The number of carboxylic acid groups (broad SMARTS) is 1. The molecule has 0 radical (unpaired) electrons. The first-order chi connectivity index (χ1) is 9.46. The summed E-state index contributed by atoms with van der Waals surface area (Å²) in [6.45, 7) is 4.75. The number of urea groups is 1. The molecule has 0 saturated carbocycles. The number of carboxylic acids is 1. The molecule has 0 bridgehead atoms. The summed E-state index contributed by atoms with van der Waals surface area (Å²) in [6.07, 6.45) is 0.0912. The average molecular weight is 289 g/mol. The van der Waals surface area contributed by atoms with E-state index in [0.717, 1.165) is 0 Å². The van der Waals surface area contributed by atoms with Crippen molar-refractivity contribution in [2.24, 2.45) is 0 Å². The maximum atomic E-state index is 11.6. The molecule has 0 aliphatic carbocycles. The van der Waals surface area contributed by atoms with E-state index in [9.17, 15) is 14.4 Å². The second kappa shape index (κ2) is 10.0. The van der Waals surface area contributed by atoms with Gasteiger partial charge in [0.05, 0.1) is 0 Å². The van der Waals surface area contributed by atoms with Gasteiger partial charge in [0.1, 0.15) is 6.04 Å². The van der Waals surface area contributed by atoms with Gasteiger partial charge in [-0.15, -0.1) is 0 Å². The van der Waals surface area contributed by atoms with Crippen molar-refractivity contribution in [1.29, 1.82) is 0 Å². The quantitative estimate of drug-likeness (QED) is 0.451. The summed E-state index contributed by atoms with van der Waals surface area (Å²) in [5.41, 5.74) is 0. The Hall–Kier alpha value is -1.83. The van der Waals surface area contributed by atoms with E-state index in [4.69, 9.17) is 10.2 Å². The number of nitrogens with zero attached hydrogens (tertiary/aromatic N) is 1. The normalized spacial score (nSPS) is 11.6. The third-order valence-electron chi connectivity index (χ3n) is 2.76. The Kier molecular flexibility index (Phi) is 9.10. The van der Waals surface area contributed by atoms with Crippen LogP contribution in [0.3, 0.4) is 0 Å². The summed E-state index contributed by atoms with van der Waals surface area (Å²) in [6, 6.07) is -1.81. The third-order valence-corrected chi connectivity index (χ3v) is 2.76. The van der Waals surface area contributed by atoms with Crippen molar-refractivity contribution < 1.29 is 24.6 Å². The number of aliphatic carboxylic acids is 1.